The fraction of sp³-hybridized carbons (Fsp3) is 0.478. The minimum Gasteiger partial charge on any atom is -0.442 e. The minimum atomic E-state index is -3.18. The molecule has 208 valence electrons. The average Bonchev–Trinajstić information content (AvgIpc) is 3.54. The summed E-state index contributed by atoms with van der Waals surface area (Å²) in [6.07, 6.45) is -1.80. The third-order valence-electron chi connectivity index (χ3n) is 5.63. The Morgan fingerprint density at radius 1 is 1.34 bits per heavy atom. The summed E-state index contributed by atoms with van der Waals surface area (Å²) in [5, 5.41) is 9.62. The molecule has 1 atom stereocenters. The summed E-state index contributed by atoms with van der Waals surface area (Å²) < 4.78 is 49.4. The number of alkyl halides is 2. The predicted molar refractivity (Wildman–Crippen MR) is 128 cm³/mol. The van der Waals surface area contributed by atoms with Crippen LogP contribution >= 0.6 is 0 Å². The standard InChI is InChI=1S/C23H29F3N6O6/c1-3-31(6-7-37-30(2)20(33)12-27-9-15-10-29-36-14-15)19-5-4-16(8-18(19)24)32-13-17(38-23(32)35)11-28-22(34)21(25)26/h4-5,8,10,14,17,21,27H,3,6-7,9,11-13H2,1-2H3,(H,28,34)/t17-/m0/s1. The fourth-order valence-corrected chi connectivity index (χ4v) is 3.60. The van der Waals surface area contributed by atoms with Gasteiger partial charge in [-0.1, -0.05) is 5.16 Å². The van der Waals surface area contributed by atoms with Gasteiger partial charge in [0.1, 0.15) is 18.2 Å². The van der Waals surface area contributed by atoms with Gasteiger partial charge in [-0.3, -0.25) is 19.3 Å². The molecule has 1 aliphatic heterocycles. The Labute approximate surface area is 216 Å². The van der Waals surface area contributed by atoms with E-state index < -0.39 is 30.3 Å². The lowest BCUT2D eigenvalue weighted by molar-refractivity contribution is -0.176. The monoisotopic (exact) mass is 542 g/mol. The van der Waals surface area contributed by atoms with Crippen LogP contribution in [0.4, 0.5) is 29.3 Å². The Morgan fingerprint density at radius 2 is 2.13 bits per heavy atom. The van der Waals surface area contributed by atoms with E-state index in [0.717, 1.165) is 21.6 Å². The lowest BCUT2D eigenvalue weighted by Crippen LogP contribution is -2.37. The molecule has 15 heteroatoms. The summed E-state index contributed by atoms with van der Waals surface area (Å²) in [4.78, 5) is 43.7. The quantitative estimate of drug-likeness (QED) is 0.342. The molecule has 3 rings (SSSR count). The van der Waals surface area contributed by atoms with Crippen LogP contribution in [0.3, 0.4) is 0 Å². The summed E-state index contributed by atoms with van der Waals surface area (Å²) >= 11 is 0. The van der Waals surface area contributed by atoms with E-state index in [-0.39, 0.29) is 50.1 Å². The van der Waals surface area contributed by atoms with Crippen LogP contribution in [0.1, 0.15) is 12.5 Å². The lowest BCUT2D eigenvalue weighted by atomic mass is 10.2. The highest BCUT2D eigenvalue weighted by Crippen LogP contribution is 2.28. The van der Waals surface area contributed by atoms with Gasteiger partial charge >= 0.3 is 12.5 Å². The number of rotatable bonds is 14. The second-order valence-electron chi connectivity index (χ2n) is 8.24. The lowest BCUT2D eigenvalue weighted by Gasteiger charge is -2.26. The summed E-state index contributed by atoms with van der Waals surface area (Å²) in [6.45, 7) is 2.76. The number of carbonyl (C=O) groups is 3. The van der Waals surface area contributed by atoms with Crippen molar-refractivity contribution in [3.63, 3.8) is 0 Å². The number of likely N-dealkylation sites (N-methyl/N-ethyl adjacent to an activating group) is 2. The van der Waals surface area contributed by atoms with E-state index in [1.165, 1.54) is 31.6 Å². The van der Waals surface area contributed by atoms with Crippen LogP contribution in [0, 0.1) is 5.82 Å². The van der Waals surface area contributed by atoms with Crippen LogP contribution in [-0.4, -0.2) is 87.0 Å². The van der Waals surface area contributed by atoms with E-state index in [0.29, 0.717) is 13.1 Å². The maximum Gasteiger partial charge on any atom is 0.414 e. The van der Waals surface area contributed by atoms with Gasteiger partial charge in [-0.25, -0.2) is 14.2 Å². The van der Waals surface area contributed by atoms with Gasteiger partial charge in [0, 0.05) is 32.2 Å². The Hall–Kier alpha value is -3.85. The topological polar surface area (TPSA) is 129 Å². The first-order valence-electron chi connectivity index (χ1n) is 11.8. The van der Waals surface area contributed by atoms with Gasteiger partial charge < -0.3 is 24.8 Å². The number of nitrogens with one attached hydrogen (secondary N) is 2. The van der Waals surface area contributed by atoms with Gasteiger partial charge in [0.2, 0.25) is 0 Å². The normalized spacial score (nSPS) is 15.1. The van der Waals surface area contributed by atoms with Gasteiger partial charge in [-0.2, -0.15) is 8.78 Å². The number of aromatic nitrogens is 1. The molecular weight excluding hydrogens is 513 g/mol. The molecule has 1 aromatic heterocycles. The highest BCUT2D eigenvalue weighted by Gasteiger charge is 2.33. The van der Waals surface area contributed by atoms with Crippen molar-refractivity contribution in [3.8, 4) is 0 Å². The van der Waals surface area contributed by atoms with Crippen LogP contribution in [0.2, 0.25) is 0 Å². The van der Waals surface area contributed by atoms with E-state index >= 15 is 0 Å². The molecule has 2 aromatic rings. The maximum absolute atomic E-state index is 15.0. The first kappa shape index (κ1) is 28.7. The number of amides is 3. The SMILES string of the molecule is CCN(CCON(C)C(=O)CNCc1cnoc1)c1ccc(N2C[C@H](CNC(=O)C(F)F)OC2=O)cc1F. The van der Waals surface area contributed by atoms with E-state index in [1.807, 2.05) is 12.2 Å². The van der Waals surface area contributed by atoms with Gasteiger partial charge in [0.05, 0.1) is 43.8 Å². The third-order valence-corrected chi connectivity index (χ3v) is 5.63. The van der Waals surface area contributed by atoms with Crippen molar-refractivity contribution in [2.75, 3.05) is 56.2 Å². The summed E-state index contributed by atoms with van der Waals surface area (Å²) in [5.74, 6) is -2.37. The van der Waals surface area contributed by atoms with E-state index in [4.69, 9.17) is 14.1 Å². The fourth-order valence-electron chi connectivity index (χ4n) is 3.60. The number of carbonyl (C=O) groups excluding carboxylic acids is 3. The molecule has 2 heterocycles. The molecular formula is C23H29F3N6O6. The molecule has 0 saturated carbocycles. The van der Waals surface area contributed by atoms with Crippen molar-refractivity contribution in [1.29, 1.82) is 0 Å². The van der Waals surface area contributed by atoms with Crippen LogP contribution in [0.15, 0.2) is 35.2 Å². The molecule has 0 aliphatic carbocycles. The summed E-state index contributed by atoms with van der Waals surface area (Å²) in [7, 11) is 1.48. The zero-order valence-corrected chi connectivity index (χ0v) is 20.9. The van der Waals surface area contributed by atoms with Crippen LogP contribution in [0.5, 0.6) is 0 Å². The molecule has 0 radical (unpaired) electrons. The van der Waals surface area contributed by atoms with Crippen molar-refractivity contribution >= 4 is 29.3 Å². The number of anilines is 2. The van der Waals surface area contributed by atoms with Crippen molar-refractivity contribution in [3.05, 3.63) is 42.0 Å². The largest absolute Gasteiger partial charge is 0.442 e. The summed E-state index contributed by atoms with van der Waals surface area (Å²) in [6, 6.07) is 4.19. The Bertz CT molecular complexity index is 1090. The van der Waals surface area contributed by atoms with Gasteiger partial charge in [0.25, 0.3) is 11.8 Å². The van der Waals surface area contributed by atoms with Gasteiger partial charge in [-0.15, -0.1) is 0 Å². The van der Waals surface area contributed by atoms with E-state index in [1.54, 1.807) is 4.90 Å². The van der Waals surface area contributed by atoms with Crippen LogP contribution < -0.4 is 20.4 Å². The molecule has 3 amide bonds. The maximum atomic E-state index is 15.0. The number of halogens is 3. The second kappa shape index (κ2) is 13.6. The molecule has 12 nitrogen and oxygen atoms in total. The van der Waals surface area contributed by atoms with Crippen molar-refractivity contribution < 1.29 is 41.7 Å². The summed E-state index contributed by atoms with van der Waals surface area (Å²) in [5.41, 5.74) is 1.28. The first-order chi connectivity index (χ1) is 18.2. The zero-order valence-electron chi connectivity index (χ0n) is 20.9. The number of hydroxylamine groups is 2. The number of nitrogens with zero attached hydrogens (tertiary/aromatic N) is 4. The highest BCUT2D eigenvalue weighted by molar-refractivity contribution is 5.90. The number of hydrogen-bond acceptors (Lipinski definition) is 9. The van der Waals surface area contributed by atoms with Crippen LogP contribution in [0.25, 0.3) is 0 Å². The molecule has 0 bridgehead atoms. The molecule has 38 heavy (non-hydrogen) atoms. The Kier molecular flexibility index (Phi) is 10.3. The van der Waals surface area contributed by atoms with Crippen molar-refractivity contribution in [2.24, 2.45) is 0 Å². The molecule has 1 aromatic carbocycles. The van der Waals surface area contributed by atoms with E-state index in [2.05, 4.69) is 10.5 Å². The zero-order chi connectivity index (χ0) is 27.7. The molecule has 0 spiro atoms. The van der Waals surface area contributed by atoms with E-state index in [9.17, 15) is 27.6 Å². The third kappa shape index (κ3) is 7.82. The smallest absolute Gasteiger partial charge is 0.414 e. The second-order valence-corrected chi connectivity index (χ2v) is 8.24. The van der Waals surface area contributed by atoms with Crippen LogP contribution in [-0.2, 0) is 25.7 Å². The molecule has 0 unspecified atom stereocenters. The number of cyclic esters (lactones) is 1. The van der Waals surface area contributed by atoms with Crippen molar-refractivity contribution in [2.45, 2.75) is 26.0 Å². The molecule has 1 saturated heterocycles. The molecule has 1 fully saturated rings. The number of benzene rings is 1. The predicted octanol–water partition coefficient (Wildman–Crippen LogP) is 1.53. The average molecular weight is 543 g/mol. The Morgan fingerprint density at radius 3 is 2.79 bits per heavy atom. The molecule has 2 N–H and O–H groups in total. The van der Waals surface area contributed by atoms with Crippen molar-refractivity contribution in [1.82, 2.24) is 20.9 Å². The first-order valence-corrected chi connectivity index (χ1v) is 11.8. The van der Waals surface area contributed by atoms with Gasteiger partial charge in [-0.05, 0) is 25.1 Å². The van der Waals surface area contributed by atoms with Gasteiger partial charge in [0.15, 0.2) is 0 Å². The molecule has 1 aliphatic rings. The minimum absolute atomic E-state index is 0.0354. The highest BCUT2D eigenvalue weighted by atomic mass is 19.3. The Balaban J connectivity index is 1.48. The number of hydrogen-bond donors (Lipinski definition) is 2. The number of ether oxygens (including phenoxy) is 1.